The second-order valence-corrected chi connectivity index (χ2v) is 9.19. The van der Waals surface area contributed by atoms with E-state index in [1.807, 2.05) is 68.4 Å². The van der Waals surface area contributed by atoms with E-state index in [4.69, 9.17) is 0 Å². The Morgan fingerprint density at radius 2 is 1.31 bits per heavy atom. The topological polar surface area (TPSA) is 59.1 Å². The van der Waals surface area contributed by atoms with Crippen LogP contribution in [-0.2, 0) is 10.8 Å². The Bertz CT molecular complexity index is 1190. The first-order chi connectivity index (χ1) is 15.5. The maximum absolute atomic E-state index is 14.0. The number of nitrogens with one attached hydrogen (secondary N) is 1. The van der Waals surface area contributed by atoms with Gasteiger partial charge in [-0.25, -0.2) is 0 Å². The number of nitrogens with zero attached hydrogens (tertiary/aromatic N) is 1. The summed E-state index contributed by atoms with van der Waals surface area (Å²) in [5, 5.41) is 2.48. The predicted octanol–water partition coefficient (Wildman–Crippen LogP) is 5.85. The number of hydrogen-bond donors (Lipinski definition) is 1. The Morgan fingerprint density at radius 1 is 0.781 bits per heavy atom. The summed E-state index contributed by atoms with van der Waals surface area (Å²) in [7, 11) is -1.50. The summed E-state index contributed by atoms with van der Waals surface area (Å²) in [5.74, 6) is -0.299. The molecule has 1 aromatic heterocycles. The first kappa shape index (κ1) is 21.7. The minimum atomic E-state index is -1.50. The molecule has 160 valence electrons. The zero-order valence-electron chi connectivity index (χ0n) is 18.0. The van der Waals surface area contributed by atoms with Crippen molar-refractivity contribution in [3.8, 4) is 0 Å². The highest BCUT2D eigenvalue weighted by Gasteiger charge is 2.26. The van der Waals surface area contributed by atoms with E-state index >= 15 is 0 Å². The van der Waals surface area contributed by atoms with Crippen LogP contribution < -0.4 is 5.32 Å². The van der Waals surface area contributed by atoms with Crippen molar-refractivity contribution in [2.45, 2.75) is 24.0 Å². The summed E-state index contributed by atoms with van der Waals surface area (Å²) in [4.78, 5) is 17.5. The molecule has 1 N–H and O–H groups in total. The maximum Gasteiger partial charge on any atom is 0.256 e. The number of pyridine rings is 1. The Labute approximate surface area is 190 Å². The van der Waals surface area contributed by atoms with Gasteiger partial charge in [-0.3, -0.25) is 14.0 Å². The third kappa shape index (κ3) is 4.84. The molecular formula is C27H24N2O2S. The molecule has 0 saturated heterocycles. The Morgan fingerprint density at radius 3 is 1.88 bits per heavy atom. The van der Waals surface area contributed by atoms with Crippen LogP contribution in [0.3, 0.4) is 0 Å². The third-order valence-electron chi connectivity index (χ3n) is 5.26. The van der Waals surface area contributed by atoms with Gasteiger partial charge >= 0.3 is 0 Å². The number of hydrogen-bond acceptors (Lipinski definition) is 3. The number of rotatable bonds is 6. The molecule has 0 aliphatic heterocycles. The molecule has 3 aromatic carbocycles. The van der Waals surface area contributed by atoms with E-state index in [-0.39, 0.29) is 5.91 Å². The van der Waals surface area contributed by atoms with Gasteiger partial charge in [-0.15, -0.1) is 0 Å². The largest absolute Gasteiger partial charge is 0.322 e. The van der Waals surface area contributed by atoms with Crippen LogP contribution in [0.2, 0.25) is 0 Å². The minimum Gasteiger partial charge on any atom is -0.322 e. The monoisotopic (exact) mass is 440 g/mol. The van der Waals surface area contributed by atoms with Crippen LogP contribution in [0.5, 0.6) is 0 Å². The molecule has 32 heavy (non-hydrogen) atoms. The van der Waals surface area contributed by atoms with Crippen LogP contribution in [-0.4, -0.2) is 15.1 Å². The second kappa shape index (κ2) is 9.71. The van der Waals surface area contributed by atoms with E-state index in [0.29, 0.717) is 16.1 Å². The van der Waals surface area contributed by atoms with Crippen LogP contribution in [0, 0.1) is 13.8 Å². The summed E-state index contributed by atoms with van der Waals surface area (Å²) in [6.07, 6.45) is 3.23. The first-order valence-corrected chi connectivity index (χ1v) is 11.6. The third-order valence-corrected chi connectivity index (χ3v) is 7.02. The number of carbonyl (C=O) groups excluding carboxylic acids is 1. The fourth-order valence-corrected chi connectivity index (χ4v) is 5.17. The fourth-order valence-electron chi connectivity index (χ4n) is 3.51. The molecule has 0 bridgehead atoms. The molecule has 4 rings (SSSR count). The highest BCUT2D eigenvalue weighted by atomic mass is 32.2. The summed E-state index contributed by atoms with van der Waals surface area (Å²) in [5.41, 5.74) is 5.20. The lowest BCUT2D eigenvalue weighted by Crippen LogP contribution is -2.17. The van der Waals surface area contributed by atoms with Crippen molar-refractivity contribution in [2.24, 2.45) is 0 Å². The van der Waals surface area contributed by atoms with E-state index in [2.05, 4.69) is 10.3 Å². The highest BCUT2D eigenvalue weighted by Crippen LogP contribution is 2.34. The van der Waals surface area contributed by atoms with Gasteiger partial charge in [0.2, 0.25) is 0 Å². The normalized spacial score (nSPS) is 11.8. The van der Waals surface area contributed by atoms with Crippen LogP contribution in [0.4, 0.5) is 5.69 Å². The molecule has 4 nitrogen and oxygen atoms in total. The van der Waals surface area contributed by atoms with Gasteiger partial charge < -0.3 is 5.32 Å². The molecule has 0 radical (unpaired) electrons. The van der Waals surface area contributed by atoms with E-state index in [9.17, 15) is 9.00 Å². The van der Waals surface area contributed by atoms with Crippen molar-refractivity contribution >= 4 is 22.4 Å². The molecule has 0 aliphatic carbocycles. The number of anilines is 1. The van der Waals surface area contributed by atoms with E-state index in [1.165, 1.54) is 0 Å². The predicted molar refractivity (Wildman–Crippen MR) is 129 cm³/mol. The minimum absolute atomic E-state index is 0.299. The average Bonchev–Trinajstić information content (AvgIpc) is 2.82. The number of benzene rings is 3. The standard InChI is InChI=1S/C27H24N2O2S/c1-19-7-11-21(12-8-19)26(22-13-9-20(2)10-14-22)32(31)25-6-4-3-5-24(25)27(30)29-23-15-17-28-18-16-23/h3-18,26H,1-2H3,(H,28,29,30). The van der Waals surface area contributed by atoms with Crippen molar-refractivity contribution in [2.75, 3.05) is 5.32 Å². The zero-order valence-corrected chi connectivity index (χ0v) is 18.8. The van der Waals surface area contributed by atoms with Gasteiger partial charge in [-0.1, -0.05) is 71.8 Å². The molecule has 1 atom stereocenters. The molecule has 1 unspecified atom stereocenters. The summed E-state index contributed by atoms with van der Waals surface area (Å²) in [6, 6.07) is 26.7. The lowest BCUT2D eigenvalue weighted by Gasteiger charge is -2.20. The van der Waals surface area contributed by atoms with E-state index in [1.54, 1.807) is 42.7 Å². The Hall–Kier alpha value is -3.57. The Kier molecular flexibility index (Phi) is 6.57. The number of aryl methyl sites for hydroxylation is 2. The van der Waals surface area contributed by atoms with Gasteiger partial charge in [0.05, 0.1) is 26.5 Å². The summed E-state index contributed by atoms with van der Waals surface area (Å²) >= 11 is 0. The number of carbonyl (C=O) groups is 1. The molecular weight excluding hydrogens is 416 g/mol. The smallest absolute Gasteiger partial charge is 0.256 e. The van der Waals surface area contributed by atoms with Crippen molar-refractivity contribution in [3.05, 3.63) is 125 Å². The maximum atomic E-state index is 14.0. The van der Waals surface area contributed by atoms with Crippen LogP contribution in [0.1, 0.15) is 37.9 Å². The van der Waals surface area contributed by atoms with Crippen LogP contribution in [0.15, 0.2) is 102 Å². The van der Waals surface area contributed by atoms with Gasteiger partial charge in [0.15, 0.2) is 0 Å². The van der Waals surface area contributed by atoms with Crippen molar-refractivity contribution < 1.29 is 9.00 Å². The number of amides is 1. The first-order valence-electron chi connectivity index (χ1n) is 10.4. The average molecular weight is 441 g/mol. The van der Waals surface area contributed by atoms with Crippen LogP contribution in [0.25, 0.3) is 0 Å². The van der Waals surface area contributed by atoms with Gasteiger partial charge in [0, 0.05) is 18.1 Å². The zero-order chi connectivity index (χ0) is 22.5. The SMILES string of the molecule is Cc1ccc(C(c2ccc(C)cc2)S(=O)c2ccccc2C(=O)Nc2ccncc2)cc1. The summed E-state index contributed by atoms with van der Waals surface area (Å²) < 4.78 is 14.0. The van der Waals surface area contributed by atoms with Crippen molar-refractivity contribution in [1.29, 1.82) is 0 Å². The van der Waals surface area contributed by atoms with Crippen LogP contribution >= 0.6 is 0 Å². The highest BCUT2D eigenvalue weighted by molar-refractivity contribution is 7.85. The lowest BCUT2D eigenvalue weighted by atomic mass is 10.0. The van der Waals surface area contributed by atoms with Gasteiger partial charge in [0.25, 0.3) is 5.91 Å². The van der Waals surface area contributed by atoms with Gasteiger partial charge in [0.1, 0.15) is 0 Å². The molecule has 1 amide bonds. The molecule has 1 heterocycles. The molecule has 4 aromatic rings. The molecule has 5 heteroatoms. The molecule has 0 saturated carbocycles. The fraction of sp³-hybridized carbons (Fsp3) is 0.111. The molecule has 0 spiro atoms. The second-order valence-electron chi connectivity index (χ2n) is 7.68. The van der Waals surface area contributed by atoms with E-state index in [0.717, 1.165) is 22.3 Å². The summed E-state index contributed by atoms with van der Waals surface area (Å²) in [6.45, 7) is 4.06. The van der Waals surface area contributed by atoms with Crippen molar-refractivity contribution in [1.82, 2.24) is 4.98 Å². The van der Waals surface area contributed by atoms with Gasteiger partial charge in [-0.2, -0.15) is 0 Å². The molecule has 0 fully saturated rings. The van der Waals surface area contributed by atoms with Crippen molar-refractivity contribution in [3.63, 3.8) is 0 Å². The van der Waals surface area contributed by atoms with E-state index < -0.39 is 16.0 Å². The quantitative estimate of drug-likeness (QED) is 0.409. The lowest BCUT2D eigenvalue weighted by molar-refractivity contribution is 0.102. The number of aromatic nitrogens is 1. The van der Waals surface area contributed by atoms with Gasteiger partial charge in [-0.05, 0) is 49.2 Å². The Balaban J connectivity index is 1.75. The molecule has 0 aliphatic rings.